The smallest absolute Gasteiger partial charge is 0.122 e. The van der Waals surface area contributed by atoms with E-state index in [4.69, 9.17) is 9.47 Å². The molecule has 0 saturated carbocycles. The summed E-state index contributed by atoms with van der Waals surface area (Å²) in [5.41, 5.74) is 2.50. The zero-order valence-corrected chi connectivity index (χ0v) is 11.7. The Morgan fingerprint density at radius 1 is 1.17 bits per heavy atom. The first-order chi connectivity index (χ1) is 8.65. The molecule has 0 amide bonds. The van der Waals surface area contributed by atoms with Crippen molar-refractivity contribution in [3.63, 3.8) is 0 Å². The number of rotatable bonds is 5. The van der Waals surface area contributed by atoms with Crippen molar-refractivity contribution < 1.29 is 9.47 Å². The summed E-state index contributed by atoms with van der Waals surface area (Å²) in [5.74, 6) is 3.16. The van der Waals surface area contributed by atoms with Gasteiger partial charge in [0.1, 0.15) is 11.5 Å². The predicted molar refractivity (Wildman–Crippen MR) is 73.7 cm³/mol. The Balaban J connectivity index is 2.36. The lowest BCUT2D eigenvalue weighted by atomic mass is 9.90. The molecule has 100 valence electrons. The third-order valence-electron chi connectivity index (χ3n) is 3.48. The summed E-state index contributed by atoms with van der Waals surface area (Å²) >= 11 is 0. The van der Waals surface area contributed by atoms with Gasteiger partial charge >= 0.3 is 0 Å². The Morgan fingerprint density at radius 2 is 1.83 bits per heavy atom. The highest BCUT2D eigenvalue weighted by Gasteiger charge is 2.24. The Morgan fingerprint density at radius 3 is 2.28 bits per heavy atom. The number of hydrogen-bond donors (Lipinski definition) is 1. The average Bonchev–Trinajstić information content (AvgIpc) is 2.27. The summed E-state index contributed by atoms with van der Waals surface area (Å²) in [6.45, 7) is 6.50. The van der Waals surface area contributed by atoms with Gasteiger partial charge in [-0.05, 0) is 30.0 Å². The van der Waals surface area contributed by atoms with E-state index in [0.29, 0.717) is 11.8 Å². The van der Waals surface area contributed by atoms with Crippen LogP contribution in [0.1, 0.15) is 30.9 Å². The maximum Gasteiger partial charge on any atom is 0.122 e. The van der Waals surface area contributed by atoms with E-state index in [9.17, 15) is 0 Å². The molecule has 1 aromatic rings. The van der Waals surface area contributed by atoms with Crippen LogP contribution in [0.4, 0.5) is 0 Å². The molecular formula is C15H23NO2. The summed E-state index contributed by atoms with van der Waals surface area (Å²) in [7, 11) is 3.49. The molecule has 1 fully saturated rings. The van der Waals surface area contributed by atoms with E-state index >= 15 is 0 Å². The number of nitrogens with one attached hydrogen (secondary N) is 1. The van der Waals surface area contributed by atoms with Gasteiger partial charge in [-0.1, -0.05) is 13.8 Å². The van der Waals surface area contributed by atoms with E-state index in [1.807, 2.05) is 0 Å². The van der Waals surface area contributed by atoms with Crippen LogP contribution in [-0.2, 0) is 6.42 Å². The second-order valence-electron chi connectivity index (χ2n) is 5.36. The summed E-state index contributed by atoms with van der Waals surface area (Å²) in [6, 6.07) is 4.30. The van der Waals surface area contributed by atoms with Gasteiger partial charge in [-0.2, -0.15) is 0 Å². The Labute approximate surface area is 109 Å². The van der Waals surface area contributed by atoms with Gasteiger partial charge in [0.25, 0.3) is 0 Å². The quantitative estimate of drug-likeness (QED) is 0.870. The lowest BCUT2D eigenvalue weighted by Crippen LogP contribution is -2.40. The largest absolute Gasteiger partial charge is 0.496 e. The second-order valence-corrected chi connectivity index (χ2v) is 5.36. The minimum absolute atomic E-state index is 0.557. The molecule has 18 heavy (non-hydrogen) atoms. The van der Waals surface area contributed by atoms with Gasteiger partial charge in [0.05, 0.1) is 14.2 Å². The molecule has 0 atom stereocenters. The van der Waals surface area contributed by atoms with Gasteiger partial charge < -0.3 is 14.8 Å². The van der Waals surface area contributed by atoms with Gasteiger partial charge in [-0.3, -0.25) is 0 Å². The van der Waals surface area contributed by atoms with Crippen molar-refractivity contribution in [1.29, 1.82) is 0 Å². The fourth-order valence-corrected chi connectivity index (χ4v) is 2.41. The summed E-state index contributed by atoms with van der Waals surface area (Å²) in [6.07, 6.45) is 1.02. The second kappa shape index (κ2) is 5.61. The van der Waals surface area contributed by atoms with E-state index in [1.54, 1.807) is 14.2 Å². The highest BCUT2D eigenvalue weighted by Crippen LogP contribution is 2.36. The maximum atomic E-state index is 5.54. The minimum Gasteiger partial charge on any atom is -0.496 e. The van der Waals surface area contributed by atoms with Crippen molar-refractivity contribution in [2.75, 3.05) is 27.3 Å². The normalized spacial score (nSPS) is 15.6. The molecule has 0 bridgehead atoms. The van der Waals surface area contributed by atoms with Crippen molar-refractivity contribution in [3.05, 3.63) is 23.3 Å². The van der Waals surface area contributed by atoms with Crippen LogP contribution in [0, 0.1) is 5.92 Å². The number of hydrogen-bond acceptors (Lipinski definition) is 3. The average molecular weight is 249 g/mol. The third-order valence-corrected chi connectivity index (χ3v) is 3.48. The fourth-order valence-electron chi connectivity index (χ4n) is 2.41. The van der Waals surface area contributed by atoms with Gasteiger partial charge in [-0.15, -0.1) is 0 Å². The molecule has 1 aliphatic heterocycles. The van der Waals surface area contributed by atoms with E-state index < -0.39 is 0 Å². The molecular weight excluding hydrogens is 226 g/mol. The van der Waals surface area contributed by atoms with Crippen LogP contribution in [0.25, 0.3) is 0 Å². The molecule has 1 aliphatic rings. The molecule has 1 aromatic carbocycles. The Hall–Kier alpha value is -1.22. The summed E-state index contributed by atoms with van der Waals surface area (Å²) in [5, 5.41) is 3.30. The predicted octanol–water partition coefficient (Wildman–Crippen LogP) is 2.59. The standard InChI is InChI=1S/C15H23NO2/c1-10(2)5-11-6-15(18-4)13(7-14(11)17-3)12-8-16-9-12/h6-7,10,12,16H,5,8-9H2,1-4H3. The highest BCUT2D eigenvalue weighted by molar-refractivity contribution is 5.49. The first-order valence-electron chi connectivity index (χ1n) is 6.61. The maximum absolute atomic E-state index is 5.54. The number of benzene rings is 1. The van der Waals surface area contributed by atoms with Crippen molar-refractivity contribution in [2.24, 2.45) is 5.92 Å². The van der Waals surface area contributed by atoms with Gasteiger partial charge in [-0.25, -0.2) is 0 Å². The first-order valence-corrected chi connectivity index (χ1v) is 6.61. The van der Waals surface area contributed by atoms with E-state index in [0.717, 1.165) is 31.0 Å². The molecule has 0 aliphatic carbocycles. The van der Waals surface area contributed by atoms with Crippen LogP contribution in [0.5, 0.6) is 11.5 Å². The highest BCUT2D eigenvalue weighted by atomic mass is 16.5. The number of methoxy groups -OCH3 is 2. The van der Waals surface area contributed by atoms with Crippen LogP contribution in [0.2, 0.25) is 0 Å². The summed E-state index contributed by atoms with van der Waals surface area (Å²) < 4.78 is 11.1. The van der Waals surface area contributed by atoms with Crippen LogP contribution >= 0.6 is 0 Å². The molecule has 1 heterocycles. The molecule has 2 rings (SSSR count). The third kappa shape index (κ3) is 2.61. The molecule has 0 radical (unpaired) electrons. The first kappa shape index (κ1) is 13.2. The van der Waals surface area contributed by atoms with Crippen LogP contribution < -0.4 is 14.8 Å². The SMILES string of the molecule is COc1cc(C2CNC2)c(OC)cc1CC(C)C. The van der Waals surface area contributed by atoms with E-state index in [-0.39, 0.29) is 0 Å². The fraction of sp³-hybridized carbons (Fsp3) is 0.600. The van der Waals surface area contributed by atoms with E-state index in [1.165, 1.54) is 11.1 Å². The lowest BCUT2D eigenvalue weighted by molar-refractivity contribution is 0.374. The van der Waals surface area contributed by atoms with Gasteiger partial charge in [0.2, 0.25) is 0 Å². The van der Waals surface area contributed by atoms with Crippen LogP contribution in [0.15, 0.2) is 12.1 Å². The molecule has 1 saturated heterocycles. The van der Waals surface area contributed by atoms with Crippen molar-refractivity contribution >= 4 is 0 Å². The van der Waals surface area contributed by atoms with Gasteiger partial charge in [0, 0.05) is 24.6 Å². The molecule has 0 aromatic heterocycles. The zero-order valence-electron chi connectivity index (χ0n) is 11.7. The van der Waals surface area contributed by atoms with E-state index in [2.05, 4.69) is 31.3 Å². The molecule has 0 unspecified atom stereocenters. The zero-order chi connectivity index (χ0) is 13.1. The minimum atomic E-state index is 0.557. The summed E-state index contributed by atoms with van der Waals surface area (Å²) in [4.78, 5) is 0. The molecule has 3 nitrogen and oxygen atoms in total. The molecule has 0 spiro atoms. The topological polar surface area (TPSA) is 30.5 Å². The molecule has 1 N–H and O–H groups in total. The van der Waals surface area contributed by atoms with Gasteiger partial charge in [0.15, 0.2) is 0 Å². The van der Waals surface area contributed by atoms with Crippen molar-refractivity contribution in [3.8, 4) is 11.5 Å². The Bertz CT molecular complexity index is 411. The Kier molecular flexibility index (Phi) is 4.12. The van der Waals surface area contributed by atoms with Crippen molar-refractivity contribution in [1.82, 2.24) is 5.32 Å². The van der Waals surface area contributed by atoms with Crippen LogP contribution in [0.3, 0.4) is 0 Å². The number of ether oxygens (including phenoxy) is 2. The lowest BCUT2D eigenvalue weighted by Gasteiger charge is -2.29. The van der Waals surface area contributed by atoms with Crippen LogP contribution in [-0.4, -0.2) is 27.3 Å². The van der Waals surface area contributed by atoms with Crippen molar-refractivity contribution in [2.45, 2.75) is 26.2 Å². The monoisotopic (exact) mass is 249 g/mol. The molecule has 3 heteroatoms.